The van der Waals surface area contributed by atoms with E-state index in [0.29, 0.717) is 6.42 Å². The van der Waals surface area contributed by atoms with Gasteiger partial charge in [-0.15, -0.1) is 0 Å². The van der Waals surface area contributed by atoms with Crippen LogP contribution in [0.15, 0.2) is 18.2 Å². The second kappa shape index (κ2) is 4.56. The molecule has 0 unspecified atom stereocenters. The van der Waals surface area contributed by atoms with Crippen LogP contribution in [0.2, 0.25) is 0 Å². The van der Waals surface area contributed by atoms with E-state index in [1.165, 1.54) is 0 Å². The van der Waals surface area contributed by atoms with Crippen LogP contribution in [0.25, 0.3) is 0 Å². The molecule has 0 aliphatic carbocycles. The summed E-state index contributed by atoms with van der Waals surface area (Å²) in [5.74, 6) is 0.0217. The normalized spacial score (nSPS) is 11.2. The predicted molar refractivity (Wildman–Crippen MR) is 62.9 cm³/mol. The molecule has 0 fully saturated rings. The lowest BCUT2D eigenvalue weighted by molar-refractivity contribution is -0.146. The van der Waals surface area contributed by atoms with Crippen LogP contribution in [0.4, 0.5) is 0 Å². The van der Waals surface area contributed by atoms with Gasteiger partial charge in [-0.2, -0.15) is 0 Å². The lowest BCUT2D eigenvalue weighted by Gasteiger charge is -2.21. The first-order valence-corrected chi connectivity index (χ1v) is 5.24. The number of ether oxygens (including phenoxy) is 1. The maximum Gasteiger partial charge on any atom is 0.309 e. The number of methoxy groups -OCH3 is 1. The Morgan fingerprint density at radius 1 is 1.44 bits per heavy atom. The van der Waals surface area contributed by atoms with Crippen LogP contribution < -0.4 is 4.74 Å². The lowest BCUT2D eigenvalue weighted by atomic mass is 9.84. The van der Waals surface area contributed by atoms with Crippen LogP contribution in [0.5, 0.6) is 5.75 Å². The van der Waals surface area contributed by atoms with Gasteiger partial charge in [-0.3, -0.25) is 4.79 Å². The Balaban J connectivity index is 3.02. The third-order valence-corrected chi connectivity index (χ3v) is 2.83. The van der Waals surface area contributed by atoms with Crippen molar-refractivity contribution < 1.29 is 14.6 Å². The molecular weight excluding hydrogens is 204 g/mol. The first-order chi connectivity index (χ1) is 7.38. The third-order valence-electron chi connectivity index (χ3n) is 2.83. The highest BCUT2D eigenvalue weighted by Crippen LogP contribution is 2.28. The highest BCUT2D eigenvalue weighted by Gasteiger charge is 2.28. The summed E-state index contributed by atoms with van der Waals surface area (Å²) in [6, 6.07) is 5.72. The molecule has 0 saturated heterocycles. The molecule has 3 heteroatoms. The molecule has 0 aliphatic rings. The summed E-state index contributed by atoms with van der Waals surface area (Å²) in [7, 11) is 1.62. The topological polar surface area (TPSA) is 46.5 Å². The van der Waals surface area contributed by atoms with Crippen LogP contribution in [0.3, 0.4) is 0 Å². The number of hydrogen-bond acceptors (Lipinski definition) is 2. The molecule has 16 heavy (non-hydrogen) atoms. The quantitative estimate of drug-likeness (QED) is 0.851. The monoisotopic (exact) mass is 222 g/mol. The zero-order valence-electron chi connectivity index (χ0n) is 10.2. The fourth-order valence-corrected chi connectivity index (χ4v) is 1.62. The summed E-state index contributed by atoms with van der Waals surface area (Å²) < 4.78 is 5.21. The first kappa shape index (κ1) is 12.6. The predicted octanol–water partition coefficient (Wildman–Crippen LogP) is 2.66. The minimum atomic E-state index is -0.783. The molecule has 0 aromatic heterocycles. The van der Waals surface area contributed by atoms with Crippen LogP contribution in [-0.4, -0.2) is 18.2 Å². The molecular formula is C13H18O3. The van der Waals surface area contributed by atoms with Crippen molar-refractivity contribution in [3.8, 4) is 5.75 Å². The van der Waals surface area contributed by atoms with E-state index in [9.17, 15) is 4.79 Å². The Morgan fingerprint density at radius 2 is 2.06 bits per heavy atom. The summed E-state index contributed by atoms with van der Waals surface area (Å²) in [5, 5.41) is 9.09. The van der Waals surface area contributed by atoms with Crippen molar-refractivity contribution in [3.63, 3.8) is 0 Å². The van der Waals surface area contributed by atoms with E-state index in [1.54, 1.807) is 21.0 Å². The Bertz CT molecular complexity index is 394. The second-order valence-corrected chi connectivity index (χ2v) is 4.61. The summed E-state index contributed by atoms with van der Waals surface area (Å²) in [5.41, 5.74) is 1.28. The Labute approximate surface area is 96.1 Å². The molecule has 0 spiro atoms. The SMILES string of the molecule is COc1cccc(CC(C)(C)C(=O)O)c1C. The summed E-state index contributed by atoms with van der Waals surface area (Å²) >= 11 is 0. The van der Waals surface area contributed by atoms with E-state index in [-0.39, 0.29) is 0 Å². The van der Waals surface area contributed by atoms with Gasteiger partial charge in [0, 0.05) is 0 Å². The van der Waals surface area contributed by atoms with Gasteiger partial charge in [0.15, 0.2) is 0 Å². The van der Waals surface area contributed by atoms with E-state index in [4.69, 9.17) is 9.84 Å². The van der Waals surface area contributed by atoms with Gasteiger partial charge in [-0.25, -0.2) is 0 Å². The average Bonchev–Trinajstić information content (AvgIpc) is 2.20. The van der Waals surface area contributed by atoms with Crippen molar-refractivity contribution in [2.24, 2.45) is 5.41 Å². The lowest BCUT2D eigenvalue weighted by Crippen LogP contribution is -2.26. The fourth-order valence-electron chi connectivity index (χ4n) is 1.62. The maximum absolute atomic E-state index is 11.1. The van der Waals surface area contributed by atoms with Crippen LogP contribution in [-0.2, 0) is 11.2 Å². The average molecular weight is 222 g/mol. The molecule has 3 nitrogen and oxygen atoms in total. The van der Waals surface area contributed by atoms with E-state index in [1.807, 2.05) is 25.1 Å². The number of benzene rings is 1. The standard InChI is InChI=1S/C13H18O3/c1-9-10(6-5-7-11(9)16-4)8-13(2,3)12(14)15/h5-7H,8H2,1-4H3,(H,14,15). The van der Waals surface area contributed by atoms with Gasteiger partial charge in [0.05, 0.1) is 12.5 Å². The van der Waals surface area contributed by atoms with Crippen molar-refractivity contribution in [2.75, 3.05) is 7.11 Å². The Kier molecular flexibility index (Phi) is 3.58. The largest absolute Gasteiger partial charge is 0.496 e. The minimum absolute atomic E-state index is 0.505. The zero-order valence-corrected chi connectivity index (χ0v) is 10.2. The van der Waals surface area contributed by atoms with Gasteiger partial charge < -0.3 is 9.84 Å². The van der Waals surface area contributed by atoms with E-state index >= 15 is 0 Å². The zero-order chi connectivity index (χ0) is 12.3. The number of carboxylic acids is 1. The highest BCUT2D eigenvalue weighted by atomic mass is 16.5. The van der Waals surface area contributed by atoms with Crippen molar-refractivity contribution in [2.45, 2.75) is 27.2 Å². The van der Waals surface area contributed by atoms with Gasteiger partial charge in [-0.05, 0) is 44.4 Å². The Morgan fingerprint density at radius 3 is 2.56 bits per heavy atom. The molecule has 0 bridgehead atoms. The Hall–Kier alpha value is -1.51. The molecule has 88 valence electrons. The molecule has 0 heterocycles. The maximum atomic E-state index is 11.1. The second-order valence-electron chi connectivity index (χ2n) is 4.61. The molecule has 0 aliphatic heterocycles. The van der Waals surface area contributed by atoms with Gasteiger partial charge in [0.1, 0.15) is 5.75 Å². The molecule has 1 aromatic carbocycles. The molecule has 0 atom stereocenters. The number of carboxylic acid groups (broad SMARTS) is 1. The van der Waals surface area contributed by atoms with E-state index in [2.05, 4.69) is 0 Å². The molecule has 0 radical (unpaired) electrons. The smallest absolute Gasteiger partial charge is 0.309 e. The third kappa shape index (κ3) is 2.54. The minimum Gasteiger partial charge on any atom is -0.496 e. The summed E-state index contributed by atoms with van der Waals surface area (Å²) in [6.45, 7) is 5.41. The molecule has 0 amide bonds. The van der Waals surface area contributed by atoms with Gasteiger partial charge in [0.2, 0.25) is 0 Å². The van der Waals surface area contributed by atoms with Gasteiger partial charge in [-0.1, -0.05) is 12.1 Å². The summed E-state index contributed by atoms with van der Waals surface area (Å²) in [6.07, 6.45) is 0.505. The number of carbonyl (C=O) groups is 1. The van der Waals surface area contributed by atoms with Crippen molar-refractivity contribution in [1.82, 2.24) is 0 Å². The molecule has 0 saturated carbocycles. The molecule has 1 N–H and O–H groups in total. The molecule has 1 aromatic rings. The number of aliphatic carboxylic acids is 1. The molecule has 1 rings (SSSR count). The number of hydrogen-bond donors (Lipinski definition) is 1. The van der Waals surface area contributed by atoms with Crippen molar-refractivity contribution in [1.29, 1.82) is 0 Å². The van der Waals surface area contributed by atoms with Crippen LogP contribution >= 0.6 is 0 Å². The van der Waals surface area contributed by atoms with E-state index < -0.39 is 11.4 Å². The first-order valence-electron chi connectivity index (χ1n) is 5.24. The van der Waals surface area contributed by atoms with Crippen LogP contribution in [0, 0.1) is 12.3 Å². The highest BCUT2D eigenvalue weighted by molar-refractivity contribution is 5.74. The van der Waals surface area contributed by atoms with Crippen molar-refractivity contribution in [3.05, 3.63) is 29.3 Å². The van der Waals surface area contributed by atoms with E-state index in [0.717, 1.165) is 16.9 Å². The summed E-state index contributed by atoms with van der Waals surface area (Å²) in [4.78, 5) is 11.1. The van der Waals surface area contributed by atoms with Crippen LogP contribution in [0.1, 0.15) is 25.0 Å². The van der Waals surface area contributed by atoms with Crippen molar-refractivity contribution >= 4 is 5.97 Å². The van der Waals surface area contributed by atoms with Gasteiger partial charge in [0.25, 0.3) is 0 Å². The number of rotatable bonds is 4. The fraction of sp³-hybridized carbons (Fsp3) is 0.462. The van der Waals surface area contributed by atoms with Gasteiger partial charge >= 0.3 is 5.97 Å².